The molecule has 9 nitrogen and oxygen atoms in total. The van der Waals surface area contributed by atoms with Crippen LogP contribution < -0.4 is 20.7 Å². The number of thiophene rings is 1. The number of amides is 3. The third kappa shape index (κ3) is 11.8. The minimum atomic E-state index is -0.811. The van der Waals surface area contributed by atoms with Gasteiger partial charge in [-0.3, -0.25) is 14.4 Å². The summed E-state index contributed by atoms with van der Waals surface area (Å²) < 4.78 is 5.89. The molecule has 0 radical (unpaired) electrons. The fraction of sp³-hybridized carbons (Fsp3) is 0.410. The number of nitrogens with one attached hydrogen (secondary N) is 3. The van der Waals surface area contributed by atoms with E-state index < -0.39 is 6.04 Å². The van der Waals surface area contributed by atoms with Crippen LogP contribution in [0.2, 0.25) is 0 Å². The van der Waals surface area contributed by atoms with E-state index in [-0.39, 0.29) is 36.1 Å². The SMILES string of the molecule is CCCCCCCOc1ccc(-c2cnc(-c3ccc(CC(NC(=O)c4ccc(C(C)(C)C)s4)C(=O)NCCNC(C)=O)cc3)nc2)cc1. The highest BCUT2D eigenvalue weighted by Gasteiger charge is 2.24. The quantitative estimate of drug-likeness (QED) is 0.102. The second kappa shape index (κ2) is 18.3. The van der Waals surface area contributed by atoms with Crippen molar-refractivity contribution in [2.75, 3.05) is 19.7 Å². The minimum absolute atomic E-state index is 0.0802. The van der Waals surface area contributed by atoms with Gasteiger partial charge in [0.15, 0.2) is 5.82 Å². The van der Waals surface area contributed by atoms with Gasteiger partial charge in [0.05, 0.1) is 11.5 Å². The predicted octanol–water partition coefficient (Wildman–Crippen LogP) is 7.11. The van der Waals surface area contributed by atoms with Crippen LogP contribution in [0.15, 0.2) is 73.1 Å². The Bertz CT molecular complexity index is 1640. The van der Waals surface area contributed by atoms with Crippen molar-refractivity contribution in [2.24, 2.45) is 0 Å². The van der Waals surface area contributed by atoms with E-state index in [1.54, 1.807) is 6.07 Å². The first kappa shape index (κ1) is 37.3. The lowest BCUT2D eigenvalue weighted by molar-refractivity contribution is -0.123. The molecule has 3 amide bonds. The second-order valence-corrected chi connectivity index (χ2v) is 14.3. The number of hydrogen-bond acceptors (Lipinski definition) is 7. The third-order valence-electron chi connectivity index (χ3n) is 8.00. The van der Waals surface area contributed by atoms with E-state index in [0.29, 0.717) is 17.2 Å². The van der Waals surface area contributed by atoms with E-state index >= 15 is 0 Å². The van der Waals surface area contributed by atoms with Crippen molar-refractivity contribution in [1.82, 2.24) is 25.9 Å². The first-order valence-electron chi connectivity index (χ1n) is 17.1. The highest BCUT2D eigenvalue weighted by molar-refractivity contribution is 7.14. The highest BCUT2D eigenvalue weighted by Crippen LogP contribution is 2.29. The molecule has 0 bridgehead atoms. The molecule has 0 fully saturated rings. The Kier molecular flexibility index (Phi) is 13.9. The number of carbonyl (C=O) groups excluding carboxylic acids is 3. The van der Waals surface area contributed by atoms with E-state index in [9.17, 15) is 14.4 Å². The third-order valence-corrected chi connectivity index (χ3v) is 9.51. The number of nitrogens with zero attached hydrogens (tertiary/aromatic N) is 2. The Morgan fingerprint density at radius 2 is 1.45 bits per heavy atom. The summed E-state index contributed by atoms with van der Waals surface area (Å²) in [5, 5.41) is 8.42. The maximum Gasteiger partial charge on any atom is 0.262 e. The van der Waals surface area contributed by atoms with Gasteiger partial charge in [0.1, 0.15) is 11.8 Å². The molecule has 0 aliphatic carbocycles. The van der Waals surface area contributed by atoms with Gasteiger partial charge in [0, 0.05) is 54.8 Å². The standard InChI is InChI=1S/C39H49N5O4S/c1-6-7-8-9-10-23-48-32-17-15-29(16-18-32)31-25-42-36(43-26-31)30-13-11-28(12-14-30)24-33(37(46)41-22-21-40-27(2)45)44-38(47)34-19-20-35(49-34)39(3,4)5/h11-20,25-26,33H,6-10,21-24H2,1-5H3,(H,40,45)(H,41,46)(H,44,47). The van der Waals surface area contributed by atoms with Crippen molar-refractivity contribution in [1.29, 1.82) is 0 Å². The average molecular weight is 684 g/mol. The van der Waals surface area contributed by atoms with Crippen LogP contribution in [0.4, 0.5) is 0 Å². The zero-order chi connectivity index (χ0) is 35.2. The van der Waals surface area contributed by atoms with Crippen molar-refractivity contribution < 1.29 is 19.1 Å². The van der Waals surface area contributed by atoms with Crippen molar-refractivity contribution in [2.45, 2.75) is 84.6 Å². The lowest BCUT2D eigenvalue weighted by Crippen LogP contribution is -2.49. The Hall–Kier alpha value is -4.57. The van der Waals surface area contributed by atoms with Gasteiger partial charge < -0.3 is 20.7 Å². The largest absolute Gasteiger partial charge is 0.494 e. The minimum Gasteiger partial charge on any atom is -0.494 e. The first-order chi connectivity index (χ1) is 23.5. The molecule has 0 aliphatic heterocycles. The van der Waals surface area contributed by atoms with Gasteiger partial charge in [-0.05, 0) is 47.2 Å². The van der Waals surface area contributed by atoms with Gasteiger partial charge in [-0.25, -0.2) is 9.97 Å². The molecule has 0 spiro atoms. The van der Waals surface area contributed by atoms with E-state index in [4.69, 9.17) is 4.74 Å². The van der Waals surface area contributed by atoms with Crippen LogP contribution in [0.1, 0.15) is 86.8 Å². The molecule has 0 saturated carbocycles. The van der Waals surface area contributed by atoms with Crippen molar-refractivity contribution in [3.63, 3.8) is 0 Å². The second-order valence-electron chi connectivity index (χ2n) is 13.2. The summed E-state index contributed by atoms with van der Waals surface area (Å²) in [6, 6.07) is 18.6. The maximum absolute atomic E-state index is 13.2. The molecule has 0 saturated heterocycles. The van der Waals surface area contributed by atoms with Gasteiger partial charge in [0.2, 0.25) is 11.8 Å². The Morgan fingerprint density at radius 1 is 0.796 bits per heavy atom. The molecule has 4 aromatic rings. The van der Waals surface area contributed by atoms with Gasteiger partial charge in [-0.2, -0.15) is 0 Å². The van der Waals surface area contributed by atoms with Gasteiger partial charge in [-0.1, -0.05) is 89.8 Å². The van der Waals surface area contributed by atoms with Crippen molar-refractivity contribution >= 4 is 29.1 Å². The number of carbonyl (C=O) groups is 3. The van der Waals surface area contributed by atoms with E-state index in [2.05, 4.69) is 53.6 Å². The van der Waals surface area contributed by atoms with Crippen LogP contribution in [0.5, 0.6) is 5.75 Å². The molecular formula is C39H49N5O4S. The Morgan fingerprint density at radius 3 is 2.08 bits per heavy atom. The van der Waals surface area contributed by atoms with E-state index in [1.807, 2.05) is 67.0 Å². The molecule has 260 valence electrons. The van der Waals surface area contributed by atoms with Crippen LogP contribution in [-0.4, -0.2) is 53.4 Å². The lowest BCUT2D eigenvalue weighted by Gasteiger charge is -2.19. The van der Waals surface area contributed by atoms with Gasteiger partial charge in [0.25, 0.3) is 5.91 Å². The molecule has 49 heavy (non-hydrogen) atoms. The first-order valence-corrected chi connectivity index (χ1v) is 17.9. The molecule has 2 heterocycles. The molecule has 4 rings (SSSR count). The molecule has 2 aromatic heterocycles. The molecule has 3 N–H and O–H groups in total. The predicted molar refractivity (Wildman–Crippen MR) is 197 cm³/mol. The topological polar surface area (TPSA) is 122 Å². The Balaban J connectivity index is 1.38. The van der Waals surface area contributed by atoms with Gasteiger partial charge >= 0.3 is 0 Å². The smallest absolute Gasteiger partial charge is 0.262 e. The number of rotatable bonds is 17. The number of benzene rings is 2. The summed E-state index contributed by atoms with van der Waals surface area (Å²) in [6.45, 7) is 11.2. The highest BCUT2D eigenvalue weighted by atomic mass is 32.1. The zero-order valence-electron chi connectivity index (χ0n) is 29.3. The summed E-state index contributed by atoms with van der Waals surface area (Å²) in [7, 11) is 0. The molecule has 1 atom stereocenters. The lowest BCUT2D eigenvalue weighted by atomic mass is 9.95. The zero-order valence-corrected chi connectivity index (χ0v) is 30.1. The summed E-state index contributed by atoms with van der Waals surface area (Å²) >= 11 is 1.43. The van der Waals surface area contributed by atoms with Crippen LogP contribution in [0.25, 0.3) is 22.5 Å². The maximum atomic E-state index is 13.2. The fourth-order valence-corrected chi connectivity index (χ4v) is 6.11. The Labute approximate surface area is 294 Å². The molecule has 1 unspecified atom stereocenters. The fourth-order valence-electron chi connectivity index (χ4n) is 5.14. The van der Waals surface area contributed by atoms with Crippen LogP contribution in [0.3, 0.4) is 0 Å². The average Bonchev–Trinajstić information content (AvgIpc) is 3.60. The van der Waals surface area contributed by atoms with E-state index in [1.165, 1.54) is 43.9 Å². The molecule has 2 aromatic carbocycles. The number of aromatic nitrogens is 2. The summed E-state index contributed by atoms with van der Waals surface area (Å²) in [5.74, 6) is 0.658. The van der Waals surface area contributed by atoms with Crippen molar-refractivity contribution in [3.8, 4) is 28.3 Å². The van der Waals surface area contributed by atoms with Crippen LogP contribution in [0, 0.1) is 0 Å². The summed E-state index contributed by atoms with van der Waals surface area (Å²) in [6.07, 6.45) is 9.96. The van der Waals surface area contributed by atoms with E-state index in [0.717, 1.165) is 45.9 Å². The monoisotopic (exact) mass is 683 g/mol. The molecular weight excluding hydrogens is 635 g/mol. The van der Waals surface area contributed by atoms with Crippen LogP contribution >= 0.6 is 11.3 Å². The summed E-state index contributed by atoms with van der Waals surface area (Å²) in [5.41, 5.74) is 3.55. The molecule has 10 heteroatoms. The number of unbranched alkanes of at least 4 members (excludes halogenated alkanes) is 4. The van der Waals surface area contributed by atoms with Crippen LogP contribution in [-0.2, 0) is 21.4 Å². The van der Waals surface area contributed by atoms with Gasteiger partial charge in [-0.15, -0.1) is 11.3 Å². The number of hydrogen-bond donors (Lipinski definition) is 3. The number of ether oxygens (including phenoxy) is 1. The summed E-state index contributed by atoms with van der Waals surface area (Å²) in [4.78, 5) is 48.5. The normalized spacial score (nSPS) is 11.9. The van der Waals surface area contributed by atoms with Crippen molar-refractivity contribution in [3.05, 3.63) is 88.4 Å². The molecule has 0 aliphatic rings.